The predicted octanol–water partition coefficient (Wildman–Crippen LogP) is 5.33. The number of aromatic nitrogens is 2. The number of benzene rings is 1. The van der Waals surface area contributed by atoms with Gasteiger partial charge in [-0.05, 0) is 37.0 Å². The molecule has 6 nitrogen and oxygen atoms in total. The van der Waals surface area contributed by atoms with E-state index in [0.717, 1.165) is 18.5 Å². The minimum absolute atomic E-state index is 0.0154. The number of carbonyl (C=O) groups excluding carboxylic acids is 2. The van der Waals surface area contributed by atoms with Gasteiger partial charge in [-0.3, -0.25) is 14.3 Å². The molecule has 1 aromatic carbocycles. The van der Waals surface area contributed by atoms with Crippen molar-refractivity contribution in [3.63, 3.8) is 0 Å². The molecular weight excluding hydrogens is 400 g/mol. The van der Waals surface area contributed by atoms with Gasteiger partial charge in [0, 0.05) is 30.6 Å². The van der Waals surface area contributed by atoms with E-state index in [1.807, 2.05) is 44.3 Å². The molecular formula is C26H40N4O2. The van der Waals surface area contributed by atoms with Crippen LogP contribution in [0.15, 0.2) is 30.3 Å². The Bertz CT molecular complexity index is 878. The molecule has 2 amide bonds. The summed E-state index contributed by atoms with van der Waals surface area (Å²) in [5.74, 6) is 0.305. The van der Waals surface area contributed by atoms with Gasteiger partial charge < -0.3 is 10.2 Å². The molecule has 0 fully saturated rings. The van der Waals surface area contributed by atoms with Gasteiger partial charge in [0.05, 0.1) is 5.69 Å². The van der Waals surface area contributed by atoms with Gasteiger partial charge in [-0.15, -0.1) is 0 Å². The highest BCUT2D eigenvalue weighted by molar-refractivity contribution is 5.99. The van der Waals surface area contributed by atoms with Crippen LogP contribution in [-0.2, 0) is 23.7 Å². The topological polar surface area (TPSA) is 67.2 Å². The number of hydrogen-bond acceptors (Lipinski definition) is 3. The molecule has 1 N–H and O–H groups in total. The Morgan fingerprint density at radius 2 is 1.72 bits per heavy atom. The molecule has 32 heavy (non-hydrogen) atoms. The largest absolute Gasteiger partial charge is 0.329 e. The molecule has 0 radical (unpaired) electrons. The first kappa shape index (κ1) is 25.6. The molecule has 0 unspecified atom stereocenters. The minimum atomic E-state index is -0.220. The molecule has 0 atom stereocenters. The minimum Gasteiger partial charge on any atom is -0.329 e. The standard InChI is InChI=1S/C26H40N4O2/c1-7-9-10-11-12-20-13-15-21(16-14-20)25(32)30(17-8-2)19-24(31)27-23-18-22(26(3,4)5)28-29(23)6/h13-16,18H,7-12,17,19H2,1-6H3,(H,27,31). The molecule has 2 aromatic rings. The van der Waals surface area contributed by atoms with Crippen molar-refractivity contribution in [2.24, 2.45) is 7.05 Å². The van der Waals surface area contributed by atoms with Crippen LogP contribution in [0.25, 0.3) is 0 Å². The Morgan fingerprint density at radius 1 is 1.03 bits per heavy atom. The van der Waals surface area contributed by atoms with E-state index in [0.29, 0.717) is 17.9 Å². The van der Waals surface area contributed by atoms with Gasteiger partial charge in [0.2, 0.25) is 5.91 Å². The first-order valence-corrected chi connectivity index (χ1v) is 11.9. The molecule has 0 spiro atoms. The molecule has 0 bridgehead atoms. The highest BCUT2D eigenvalue weighted by atomic mass is 16.2. The molecule has 6 heteroatoms. The van der Waals surface area contributed by atoms with Gasteiger partial charge >= 0.3 is 0 Å². The van der Waals surface area contributed by atoms with Crippen LogP contribution >= 0.6 is 0 Å². The summed E-state index contributed by atoms with van der Waals surface area (Å²) in [7, 11) is 1.81. The Kier molecular flexibility index (Phi) is 9.48. The number of nitrogens with zero attached hydrogens (tertiary/aromatic N) is 3. The van der Waals surface area contributed by atoms with Gasteiger partial charge in [0.15, 0.2) is 0 Å². The zero-order chi connectivity index (χ0) is 23.7. The van der Waals surface area contributed by atoms with E-state index < -0.39 is 0 Å². The van der Waals surface area contributed by atoms with Gasteiger partial charge in [0.25, 0.3) is 5.91 Å². The maximum Gasteiger partial charge on any atom is 0.254 e. The summed E-state index contributed by atoms with van der Waals surface area (Å²) in [6.07, 6.45) is 6.73. The molecule has 0 aliphatic heterocycles. The van der Waals surface area contributed by atoms with Crippen LogP contribution in [0.3, 0.4) is 0 Å². The van der Waals surface area contributed by atoms with Crippen LogP contribution in [0.5, 0.6) is 0 Å². The first-order chi connectivity index (χ1) is 15.2. The number of carbonyl (C=O) groups is 2. The maximum absolute atomic E-state index is 13.1. The summed E-state index contributed by atoms with van der Waals surface area (Å²) in [5, 5.41) is 7.40. The summed E-state index contributed by atoms with van der Waals surface area (Å²) in [4.78, 5) is 27.4. The molecule has 1 aromatic heterocycles. The quantitative estimate of drug-likeness (QED) is 0.480. The summed E-state index contributed by atoms with van der Waals surface area (Å²) in [6, 6.07) is 9.73. The Labute approximate surface area is 193 Å². The summed E-state index contributed by atoms with van der Waals surface area (Å²) >= 11 is 0. The predicted molar refractivity (Wildman–Crippen MR) is 131 cm³/mol. The second-order valence-corrected chi connectivity index (χ2v) is 9.57. The van der Waals surface area contributed by atoms with Crippen LogP contribution in [0, 0.1) is 0 Å². The molecule has 0 saturated heterocycles. The van der Waals surface area contributed by atoms with Gasteiger partial charge in [-0.1, -0.05) is 66.0 Å². The van der Waals surface area contributed by atoms with Crippen molar-refractivity contribution in [1.82, 2.24) is 14.7 Å². The summed E-state index contributed by atoms with van der Waals surface area (Å²) < 4.78 is 1.67. The van der Waals surface area contributed by atoms with Crippen molar-refractivity contribution >= 4 is 17.6 Å². The fraction of sp³-hybridized carbons (Fsp3) is 0.577. The third kappa shape index (κ3) is 7.50. The number of unbranched alkanes of at least 4 members (excludes halogenated alkanes) is 3. The van der Waals surface area contributed by atoms with Crippen LogP contribution in [0.1, 0.15) is 88.3 Å². The molecule has 176 valence electrons. The van der Waals surface area contributed by atoms with Crippen LogP contribution < -0.4 is 5.32 Å². The Balaban J connectivity index is 2.01. The first-order valence-electron chi connectivity index (χ1n) is 11.9. The van der Waals surface area contributed by atoms with Crippen molar-refractivity contribution in [3.05, 3.63) is 47.2 Å². The van der Waals surface area contributed by atoms with Crippen molar-refractivity contribution in [2.45, 2.75) is 78.6 Å². The maximum atomic E-state index is 13.1. The Hall–Kier alpha value is -2.63. The lowest BCUT2D eigenvalue weighted by atomic mass is 9.92. The normalized spacial score (nSPS) is 11.4. The Morgan fingerprint density at radius 3 is 2.28 bits per heavy atom. The van der Waals surface area contributed by atoms with E-state index in [-0.39, 0.29) is 23.8 Å². The van der Waals surface area contributed by atoms with Gasteiger partial charge in [-0.25, -0.2) is 0 Å². The van der Waals surface area contributed by atoms with Crippen LogP contribution in [0.4, 0.5) is 5.82 Å². The van der Waals surface area contributed by atoms with Crippen molar-refractivity contribution in [3.8, 4) is 0 Å². The van der Waals surface area contributed by atoms with E-state index in [1.54, 1.807) is 9.58 Å². The number of anilines is 1. The fourth-order valence-electron chi connectivity index (χ4n) is 3.58. The number of hydrogen-bond donors (Lipinski definition) is 1. The van der Waals surface area contributed by atoms with Crippen molar-refractivity contribution in [1.29, 1.82) is 0 Å². The lowest BCUT2D eigenvalue weighted by Crippen LogP contribution is -2.38. The lowest BCUT2D eigenvalue weighted by Gasteiger charge is -2.22. The van der Waals surface area contributed by atoms with E-state index >= 15 is 0 Å². The van der Waals surface area contributed by atoms with E-state index in [9.17, 15) is 9.59 Å². The summed E-state index contributed by atoms with van der Waals surface area (Å²) in [5.41, 5.74) is 2.68. The monoisotopic (exact) mass is 440 g/mol. The number of nitrogens with one attached hydrogen (secondary N) is 1. The third-order valence-electron chi connectivity index (χ3n) is 5.55. The molecule has 0 saturated carbocycles. The highest BCUT2D eigenvalue weighted by Gasteiger charge is 2.22. The SMILES string of the molecule is CCCCCCc1ccc(C(=O)N(CCC)CC(=O)Nc2cc(C(C)(C)C)nn2C)cc1. The van der Waals surface area contributed by atoms with Gasteiger partial charge in [0.1, 0.15) is 12.4 Å². The molecule has 2 rings (SSSR count). The van der Waals surface area contributed by atoms with Crippen molar-refractivity contribution in [2.75, 3.05) is 18.4 Å². The second kappa shape index (κ2) is 11.8. The van der Waals surface area contributed by atoms with E-state index in [2.05, 4.69) is 38.1 Å². The zero-order valence-electron chi connectivity index (χ0n) is 20.7. The molecule has 0 aliphatic rings. The number of aryl methyl sites for hydroxylation is 2. The summed E-state index contributed by atoms with van der Waals surface area (Å²) in [6.45, 7) is 11.0. The smallest absolute Gasteiger partial charge is 0.254 e. The zero-order valence-corrected chi connectivity index (χ0v) is 20.7. The average molecular weight is 441 g/mol. The third-order valence-corrected chi connectivity index (χ3v) is 5.55. The molecule has 1 heterocycles. The average Bonchev–Trinajstić information content (AvgIpc) is 3.11. The number of amides is 2. The fourth-order valence-corrected chi connectivity index (χ4v) is 3.58. The second-order valence-electron chi connectivity index (χ2n) is 9.57. The van der Waals surface area contributed by atoms with Gasteiger partial charge in [-0.2, -0.15) is 5.10 Å². The lowest BCUT2D eigenvalue weighted by molar-refractivity contribution is -0.116. The van der Waals surface area contributed by atoms with E-state index in [4.69, 9.17) is 0 Å². The van der Waals surface area contributed by atoms with E-state index in [1.165, 1.54) is 31.2 Å². The van der Waals surface area contributed by atoms with Crippen molar-refractivity contribution < 1.29 is 9.59 Å². The highest BCUT2D eigenvalue weighted by Crippen LogP contribution is 2.23. The number of rotatable bonds is 11. The molecule has 0 aliphatic carbocycles. The van der Waals surface area contributed by atoms with Crippen LogP contribution in [0.2, 0.25) is 0 Å². The van der Waals surface area contributed by atoms with Crippen LogP contribution in [-0.4, -0.2) is 39.6 Å².